The van der Waals surface area contributed by atoms with Gasteiger partial charge in [-0.05, 0) is 31.8 Å². The maximum atomic E-state index is 11.8. The Kier molecular flexibility index (Phi) is 4.08. The molecule has 20 heavy (non-hydrogen) atoms. The van der Waals surface area contributed by atoms with E-state index >= 15 is 0 Å². The van der Waals surface area contributed by atoms with Crippen molar-refractivity contribution >= 4 is 39.9 Å². The maximum Gasteiger partial charge on any atom is 0.331 e. The van der Waals surface area contributed by atoms with Gasteiger partial charge in [-0.15, -0.1) is 11.3 Å². The summed E-state index contributed by atoms with van der Waals surface area (Å²) in [7, 11) is 0. The average Bonchev–Trinajstić information content (AvgIpc) is 2.98. The Morgan fingerprint density at radius 1 is 1.45 bits per heavy atom. The molecule has 0 N–H and O–H groups in total. The summed E-state index contributed by atoms with van der Waals surface area (Å²) in [5, 5.41) is 2.33. The third-order valence-electron chi connectivity index (χ3n) is 3.47. The van der Waals surface area contributed by atoms with Gasteiger partial charge in [0.15, 0.2) is 10.1 Å². The number of esters is 1. The first-order chi connectivity index (χ1) is 9.74. The van der Waals surface area contributed by atoms with Gasteiger partial charge in [-0.25, -0.2) is 9.78 Å². The quantitative estimate of drug-likeness (QED) is 0.637. The van der Waals surface area contributed by atoms with Gasteiger partial charge in [0.25, 0.3) is 0 Å². The van der Waals surface area contributed by atoms with E-state index in [0.717, 1.165) is 30.6 Å². The van der Waals surface area contributed by atoms with Crippen LogP contribution in [0.25, 0.3) is 11.0 Å². The number of halogens is 1. The van der Waals surface area contributed by atoms with Crippen LogP contribution in [0, 0.1) is 0 Å². The molecule has 1 saturated carbocycles. The molecule has 6 heteroatoms. The van der Waals surface area contributed by atoms with Crippen molar-refractivity contribution in [2.45, 2.75) is 38.2 Å². The molecule has 0 unspecified atom stereocenters. The second kappa shape index (κ2) is 5.97. The van der Waals surface area contributed by atoms with Crippen molar-refractivity contribution in [2.75, 3.05) is 0 Å². The van der Waals surface area contributed by atoms with Crippen molar-refractivity contribution in [3.63, 3.8) is 0 Å². The van der Waals surface area contributed by atoms with E-state index in [1.807, 2.05) is 16.0 Å². The molecule has 1 fully saturated rings. The summed E-state index contributed by atoms with van der Waals surface area (Å²) in [4.78, 5) is 16.8. The van der Waals surface area contributed by atoms with Crippen LogP contribution in [0.2, 0.25) is 5.15 Å². The summed E-state index contributed by atoms with van der Waals surface area (Å²) in [5.74, 6) is -0.307. The SMILES string of the molecule is O=C(C=Cc1c(Cl)nc2sccn12)OC1CCCCC1. The first-order valence-electron chi connectivity index (χ1n) is 6.74. The number of fused-ring (bicyclic) bond motifs is 1. The highest BCUT2D eigenvalue weighted by Gasteiger charge is 2.16. The second-order valence-corrected chi connectivity index (χ2v) is 6.10. The summed E-state index contributed by atoms with van der Waals surface area (Å²) in [6.45, 7) is 0. The van der Waals surface area contributed by atoms with E-state index in [-0.39, 0.29) is 12.1 Å². The highest BCUT2D eigenvalue weighted by molar-refractivity contribution is 7.15. The minimum absolute atomic E-state index is 0.0722. The van der Waals surface area contributed by atoms with Crippen LogP contribution >= 0.6 is 22.9 Å². The van der Waals surface area contributed by atoms with E-state index < -0.39 is 0 Å². The fourth-order valence-electron chi connectivity index (χ4n) is 2.46. The Balaban J connectivity index is 1.68. The first-order valence-corrected chi connectivity index (χ1v) is 7.99. The molecule has 0 aliphatic heterocycles. The number of aromatic nitrogens is 2. The zero-order valence-electron chi connectivity index (χ0n) is 10.9. The molecule has 1 aliphatic rings. The van der Waals surface area contributed by atoms with Gasteiger partial charge in [0.1, 0.15) is 6.10 Å². The number of hydrogen-bond donors (Lipinski definition) is 0. The van der Waals surface area contributed by atoms with Crippen LogP contribution in [0.5, 0.6) is 0 Å². The van der Waals surface area contributed by atoms with E-state index in [4.69, 9.17) is 16.3 Å². The van der Waals surface area contributed by atoms with Crippen molar-refractivity contribution < 1.29 is 9.53 Å². The van der Waals surface area contributed by atoms with Gasteiger partial charge >= 0.3 is 5.97 Å². The molecule has 2 heterocycles. The Bertz CT molecular complexity index is 641. The minimum atomic E-state index is -0.307. The number of hydrogen-bond acceptors (Lipinski definition) is 4. The summed E-state index contributed by atoms with van der Waals surface area (Å²) in [5.41, 5.74) is 0.712. The van der Waals surface area contributed by atoms with E-state index in [2.05, 4.69) is 4.98 Å². The third-order valence-corrected chi connectivity index (χ3v) is 4.50. The van der Waals surface area contributed by atoms with Crippen LogP contribution in [0.4, 0.5) is 0 Å². The van der Waals surface area contributed by atoms with Crippen molar-refractivity contribution in [2.24, 2.45) is 0 Å². The summed E-state index contributed by atoms with van der Waals surface area (Å²) >= 11 is 7.56. The first kappa shape index (κ1) is 13.6. The lowest BCUT2D eigenvalue weighted by atomic mass is 9.98. The number of rotatable bonds is 3. The molecular weight excluding hydrogens is 296 g/mol. The average molecular weight is 311 g/mol. The van der Waals surface area contributed by atoms with Crippen LogP contribution in [0.3, 0.4) is 0 Å². The van der Waals surface area contributed by atoms with Crippen LogP contribution in [0.15, 0.2) is 17.7 Å². The zero-order valence-corrected chi connectivity index (χ0v) is 12.5. The molecule has 3 rings (SSSR count). The molecule has 0 spiro atoms. The number of thiazole rings is 1. The standard InChI is InChI=1S/C14H15ClN2O2S/c15-13-11(17-8-9-20-14(17)16-13)6-7-12(18)19-10-4-2-1-3-5-10/h6-10H,1-5H2. The third kappa shape index (κ3) is 2.88. The predicted molar refractivity (Wildman–Crippen MR) is 80.1 cm³/mol. The van der Waals surface area contributed by atoms with Gasteiger partial charge < -0.3 is 4.74 Å². The number of carbonyl (C=O) groups is 1. The molecule has 0 amide bonds. The van der Waals surface area contributed by atoms with Gasteiger partial charge in [0.05, 0.1) is 5.69 Å². The van der Waals surface area contributed by atoms with Crippen LogP contribution in [0.1, 0.15) is 37.8 Å². The molecular formula is C14H15ClN2O2S. The smallest absolute Gasteiger partial charge is 0.331 e. The van der Waals surface area contributed by atoms with Gasteiger partial charge in [-0.3, -0.25) is 4.40 Å². The maximum absolute atomic E-state index is 11.8. The molecule has 2 aromatic heterocycles. The number of imidazole rings is 1. The van der Waals surface area contributed by atoms with Crippen molar-refractivity contribution in [3.05, 3.63) is 28.5 Å². The highest BCUT2D eigenvalue weighted by Crippen LogP contribution is 2.23. The summed E-state index contributed by atoms with van der Waals surface area (Å²) < 4.78 is 7.29. The van der Waals surface area contributed by atoms with E-state index in [1.165, 1.54) is 23.8 Å². The Labute approximate surface area is 126 Å². The number of carbonyl (C=O) groups excluding carboxylic acids is 1. The Hall–Kier alpha value is -1.33. The lowest BCUT2D eigenvalue weighted by Crippen LogP contribution is -2.19. The largest absolute Gasteiger partial charge is 0.459 e. The predicted octanol–water partition coefficient (Wildman–Crippen LogP) is 3.94. The van der Waals surface area contributed by atoms with Crippen molar-refractivity contribution in [1.29, 1.82) is 0 Å². The molecule has 0 bridgehead atoms. The van der Waals surface area contributed by atoms with Crippen LogP contribution in [-0.4, -0.2) is 21.5 Å². The van der Waals surface area contributed by atoms with Crippen molar-refractivity contribution in [3.8, 4) is 0 Å². The minimum Gasteiger partial charge on any atom is -0.459 e. The number of nitrogens with zero attached hydrogens (tertiary/aromatic N) is 2. The van der Waals surface area contributed by atoms with Gasteiger partial charge in [0.2, 0.25) is 0 Å². The zero-order chi connectivity index (χ0) is 13.9. The molecule has 4 nitrogen and oxygen atoms in total. The monoisotopic (exact) mass is 310 g/mol. The lowest BCUT2D eigenvalue weighted by Gasteiger charge is -2.20. The van der Waals surface area contributed by atoms with E-state index in [1.54, 1.807) is 6.08 Å². The molecule has 0 saturated heterocycles. The molecule has 0 radical (unpaired) electrons. The van der Waals surface area contributed by atoms with Gasteiger partial charge in [-0.1, -0.05) is 18.0 Å². The molecule has 0 aromatic carbocycles. The topological polar surface area (TPSA) is 43.6 Å². The lowest BCUT2D eigenvalue weighted by molar-refractivity contribution is -0.144. The molecule has 0 atom stereocenters. The normalized spacial score (nSPS) is 17.1. The Morgan fingerprint density at radius 2 is 2.25 bits per heavy atom. The van der Waals surface area contributed by atoms with Crippen LogP contribution in [-0.2, 0) is 9.53 Å². The van der Waals surface area contributed by atoms with Gasteiger partial charge in [-0.2, -0.15) is 0 Å². The second-order valence-electron chi connectivity index (χ2n) is 4.87. The fourth-order valence-corrected chi connectivity index (χ4v) is 3.46. The van der Waals surface area contributed by atoms with E-state index in [9.17, 15) is 4.79 Å². The fraction of sp³-hybridized carbons (Fsp3) is 0.429. The summed E-state index contributed by atoms with van der Waals surface area (Å²) in [6.07, 6.45) is 10.5. The summed E-state index contributed by atoms with van der Waals surface area (Å²) in [6, 6.07) is 0. The van der Waals surface area contributed by atoms with E-state index in [0.29, 0.717) is 10.8 Å². The number of ether oxygens (including phenoxy) is 1. The highest BCUT2D eigenvalue weighted by atomic mass is 35.5. The van der Waals surface area contributed by atoms with Crippen molar-refractivity contribution in [1.82, 2.24) is 9.38 Å². The van der Waals surface area contributed by atoms with Crippen LogP contribution < -0.4 is 0 Å². The van der Waals surface area contributed by atoms with Gasteiger partial charge in [0, 0.05) is 17.7 Å². The molecule has 106 valence electrons. The molecule has 2 aromatic rings. The Morgan fingerprint density at radius 3 is 3.05 bits per heavy atom. The molecule has 1 aliphatic carbocycles.